The Morgan fingerprint density at radius 3 is 2.51 bits per heavy atom. The minimum absolute atomic E-state index is 0.0229. The lowest BCUT2D eigenvalue weighted by atomic mass is 9.47. The van der Waals surface area contributed by atoms with Crippen LogP contribution in [0.4, 0.5) is 4.79 Å². The lowest BCUT2D eigenvalue weighted by molar-refractivity contribution is -0.120. The maximum Gasteiger partial charge on any atom is 0.407 e. The van der Waals surface area contributed by atoms with Crippen LogP contribution < -0.4 is 21.7 Å². The SMILES string of the molecule is CC(C)CCC[C@@H](C)[C@H]1CC[C@H]2[C@@H]3CC=C4C[C@@H](OC(=O)NCCCNCC(=O)NCCCN)CC[C@]4(C)[C@H]3CC[C@]12C. The Hall–Kier alpha value is -1.60. The predicted octanol–water partition coefficient (Wildman–Crippen LogP) is 6.57. The molecule has 4 rings (SSSR count). The molecule has 43 heavy (non-hydrogen) atoms. The van der Waals surface area contributed by atoms with E-state index < -0.39 is 0 Å². The van der Waals surface area contributed by atoms with E-state index in [0.29, 0.717) is 31.6 Å². The Morgan fingerprint density at radius 1 is 0.953 bits per heavy atom. The third-order valence-electron chi connectivity index (χ3n) is 12.3. The van der Waals surface area contributed by atoms with Crippen LogP contribution in [-0.2, 0) is 9.53 Å². The fraction of sp³-hybridized carbons (Fsp3) is 0.889. The average Bonchev–Trinajstić information content (AvgIpc) is 3.32. The van der Waals surface area contributed by atoms with Gasteiger partial charge in [-0.25, -0.2) is 4.79 Å². The fourth-order valence-electron chi connectivity index (χ4n) is 9.94. The van der Waals surface area contributed by atoms with Gasteiger partial charge in [0.2, 0.25) is 5.91 Å². The zero-order valence-corrected chi connectivity index (χ0v) is 28.1. The average molecular weight is 601 g/mol. The van der Waals surface area contributed by atoms with Gasteiger partial charge in [-0.05, 0) is 117 Å². The van der Waals surface area contributed by atoms with Crippen molar-refractivity contribution < 1.29 is 14.3 Å². The summed E-state index contributed by atoms with van der Waals surface area (Å²) in [6, 6.07) is 0. The fourth-order valence-corrected chi connectivity index (χ4v) is 9.94. The van der Waals surface area contributed by atoms with Gasteiger partial charge in [0.05, 0.1) is 6.54 Å². The summed E-state index contributed by atoms with van der Waals surface area (Å²) in [6.07, 6.45) is 17.8. The number of carbonyl (C=O) groups excluding carboxylic acids is 2. The number of allylic oxidation sites excluding steroid dienone is 1. The molecular weight excluding hydrogens is 536 g/mol. The molecule has 7 heteroatoms. The van der Waals surface area contributed by atoms with Crippen LogP contribution in [0, 0.1) is 46.3 Å². The maximum absolute atomic E-state index is 12.6. The van der Waals surface area contributed by atoms with Crippen LogP contribution >= 0.6 is 0 Å². The molecule has 0 spiro atoms. The first kappa shape index (κ1) is 34.3. The second-order valence-electron chi connectivity index (χ2n) is 15.5. The molecule has 0 aromatic rings. The van der Waals surface area contributed by atoms with Gasteiger partial charge in [0.1, 0.15) is 6.10 Å². The van der Waals surface area contributed by atoms with E-state index in [9.17, 15) is 9.59 Å². The largest absolute Gasteiger partial charge is 0.446 e. The van der Waals surface area contributed by atoms with E-state index in [2.05, 4.69) is 56.6 Å². The van der Waals surface area contributed by atoms with E-state index in [-0.39, 0.29) is 30.1 Å². The highest BCUT2D eigenvalue weighted by molar-refractivity contribution is 5.77. The lowest BCUT2D eigenvalue weighted by Crippen LogP contribution is -2.51. The van der Waals surface area contributed by atoms with Gasteiger partial charge in [0.15, 0.2) is 0 Å². The molecule has 0 heterocycles. The number of carbonyl (C=O) groups is 2. The Morgan fingerprint density at radius 2 is 1.74 bits per heavy atom. The van der Waals surface area contributed by atoms with Gasteiger partial charge in [0.25, 0.3) is 0 Å². The van der Waals surface area contributed by atoms with Gasteiger partial charge < -0.3 is 26.4 Å². The van der Waals surface area contributed by atoms with Crippen molar-refractivity contribution in [1.29, 1.82) is 0 Å². The number of nitrogens with two attached hydrogens (primary N) is 1. The number of alkyl carbamates (subject to hydrolysis) is 1. The molecule has 4 aliphatic carbocycles. The zero-order valence-electron chi connectivity index (χ0n) is 28.1. The first-order valence-electron chi connectivity index (χ1n) is 17.9. The number of ether oxygens (including phenoxy) is 1. The van der Waals surface area contributed by atoms with Crippen LogP contribution in [0.5, 0.6) is 0 Å². The summed E-state index contributed by atoms with van der Waals surface area (Å²) in [6.45, 7) is 15.2. The van der Waals surface area contributed by atoms with Crippen LogP contribution in [0.15, 0.2) is 11.6 Å². The van der Waals surface area contributed by atoms with Crippen molar-refractivity contribution in [3.05, 3.63) is 11.6 Å². The van der Waals surface area contributed by atoms with E-state index >= 15 is 0 Å². The van der Waals surface area contributed by atoms with Crippen molar-refractivity contribution in [2.75, 3.05) is 32.7 Å². The first-order valence-corrected chi connectivity index (χ1v) is 17.9. The molecule has 0 saturated heterocycles. The second kappa shape index (κ2) is 15.6. The molecule has 246 valence electrons. The molecule has 0 bridgehead atoms. The molecule has 0 aliphatic heterocycles. The molecule has 3 saturated carbocycles. The molecule has 0 radical (unpaired) electrons. The Balaban J connectivity index is 1.21. The summed E-state index contributed by atoms with van der Waals surface area (Å²) in [5.74, 6) is 5.03. The maximum atomic E-state index is 12.6. The molecule has 7 nitrogen and oxygen atoms in total. The minimum atomic E-state index is -0.310. The van der Waals surface area contributed by atoms with Crippen LogP contribution in [0.25, 0.3) is 0 Å². The number of rotatable bonds is 15. The van der Waals surface area contributed by atoms with Crippen molar-refractivity contribution in [1.82, 2.24) is 16.0 Å². The van der Waals surface area contributed by atoms with Crippen LogP contribution in [-0.4, -0.2) is 50.8 Å². The summed E-state index contributed by atoms with van der Waals surface area (Å²) in [5.41, 5.74) is 7.79. The lowest BCUT2D eigenvalue weighted by Gasteiger charge is -2.58. The van der Waals surface area contributed by atoms with Crippen LogP contribution in [0.2, 0.25) is 0 Å². The van der Waals surface area contributed by atoms with E-state index in [4.69, 9.17) is 10.5 Å². The van der Waals surface area contributed by atoms with Gasteiger partial charge in [-0.3, -0.25) is 4.79 Å². The van der Waals surface area contributed by atoms with Crippen molar-refractivity contribution in [3.63, 3.8) is 0 Å². The topological polar surface area (TPSA) is 105 Å². The molecule has 3 fully saturated rings. The zero-order chi connectivity index (χ0) is 31.0. The molecular formula is C36H64N4O3. The summed E-state index contributed by atoms with van der Waals surface area (Å²) in [5, 5.41) is 8.86. The molecule has 0 aromatic carbocycles. The standard InChI is InChI=1S/C36H64N4O3/c1-25(2)9-6-10-26(3)30-13-14-31-29-12-11-27-23-28(15-17-35(27,4)32(29)16-18-36(30,31)5)43-34(42)40-22-8-20-38-24-33(41)39-21-7-19-37/h11,25-26,28-32,38H,6-10,12-24,37H2,1-5H3,(H,39,41)(H,40,42)/t26-,28+,29+,30-,31+,32+,35+,36-/m1/s1. The van der Waals surface area contributed by atoms with E-state index in [1.807, 2.05) is 0 Å². The second-order valence-corrected chi connectivity index (χ2v) is 15.5. The third-order valence-corrected chi connectivity index (χ3v) is 12.3. The van der Waals surface area contributed by atoms with Crippen LogP contribution in [0.1, 0.15) is 118 Å². The van der Waals surface area contributed by atoms with Gasteiger partial charge in [0, 0.05) is 19.5 Å². The highest BCUT2D eigenvalue weighted by Gasteiger charge is 2.59. The van der Waals surface area contributed by atoms with Crippen molar-refractivity contribution in [3.8, 4) is 0 Å². The number of hydrogen-bond donors (Lipinski definition) is 4. The molecule has 2 amide bonds. The van der Waals surface area contributed by atoms with Crippen molar-refractivity contribution in [2.24, 2.45) is 52.1 Å². The number of nitrogens with one attached hydrogen (secondary N) is 3. The third kappa shape index (κ3) is 8.36. The number of amides is 2. The summed E-state index contributed by atoms with van der Waals surface area (Å²) in [4.78, 5) is 24.3. The highest BCUT2D eigenvalue weighted by Crippen LogP contribution is 2.67. The van der Waals surface area contributed by atoms with Crippen molar-refractivity contribution >= 4 is 12.0 Å². The summed E-state index contributed by atoms with van der Waals surface area (Å²) >= 11 is 0. The normalized spacial score (nSPS) is 34.0. The predicted molar refractivity (Wildman–Crippen MR) is 175 cm³/mol. The van der Waals surface area contributed by atoms with Gasteiger partial charge in [-0.1, -0.05) is 65.5 Å². The molecule has 0 aromatic heterocycles. The molecule has 0 unspecified atom stereocenters. The van der Waals surface area contributed by atoms with Gasteiger partial charge >= 0.3 is 6.09 Å². The monoisotopic (exact) mass is 600 g/mol. The Labute approximate surface area is 262 Å². The first-order chi connectivity index (χ1) is 20.6. The quantitative estimate of drug-likeness (QED) is 0.126. The number of hydrogen-bond acceptors (Lipinski definition) is 5. The van der Waals surface area contributed by atoms with E-state index in [1.54, 1.807) is 5.57 Å². The van der Waals surface area contributed by atoms with E-state index in [0.717, 1.165) is 67.6 Å². The van der Waals surface area contributed by atoms with E-state index in [1.165, 1.54) is 51.4 Å². The Bertz CT molecular complexity index is 953. The number of fused-ring (bicyclic) bond motifs is 5. The minimum Gasteiger partial charge on any atom is -0.446 e. The smallest absolute Gasteiger partial charge is 0.407 e. The highest BCUT2D eigenvalue weighted by atomic mass is 16.6. The Kier molecular flexibility index (Phi) is 12.4. The van der Waals surface area contributed by atoms with Crippen LogP contribution in [0.3, 0.4) is 0 Å². The molecule has 4 aliphatic rings. The molecule has 5 N–H and O–H groups in total. The molecule has 8 atom stereocenters. The van der Waals surface area contributed by atoms with Gasteiger partial charge in [-0.2, -0.15) is 0 Å². The summed E-state index contributed by atoms with van der Waals surface area (Å²) in [7, 11) is 0. The van der Waals surface area contributed by atoms with Gasteiger partial charge in [-0.15, -0.1) is 0 Å². The summed E-state index contributed by atoms with van der Waals surface area (Å²) < 4.78 is 5.91. The van der Waals surface area contributed by atoms with Crippen molar-refractivity contribution in [2.45, 2.75) is 124 Å².